The number of carbonyl (C=O) groups excluding carboxylic acids is 2. The number of benzene rings is 3. The van der Waals surface area contributed by atoms with E-state index in [0.717, 1.165) is 77.9 Å². The first kappa shape index (κ1) is 32.5. The Kier molecular flexibility index (Phi) is 9.36. The van der Waals surface area contributed by atoms with Gasteiger partial charge in [-0.15, -0.1) is 0 Å². The summed E-state index contributed by atoms with van der Waals surface area (Å²) in [5.74, 6) is -0.792. The van der Waals surface area contributed by atoms with E-state index in [1.54, 1.807) is 4.90 Å². The van der Waals surface area contributed by atoms with Crippen LogP contribution in [0.15, 0.2) is 83.9 Å². The molecule has 4 aliphatic rings. The summed E-state index contributed by atoms with van der Waals surface area (Å²) in [4.78, 5) is 32.0. The summed E-state index contributed by atoms with van der Waals surface area (Å²) in [6, 6.07) is 24.7. The second kappa shape index (κ2) is 13.8. The number of aryl methyl sites for hydroxylation is 2. The van der Waals surface area contributed by atoms with Crippen molar-refractivity contribution < 1.29 is 24.5 Å². The van der Waals surface area contributed by atoms with E-state index in [9.17, 15) is 19.8 Å². The van der Waals surface area contributed by atoms with Crippen LogP contribution < -0.4 is 0 Å². The number of phenolic OH excluding ortho intramolecular Hbond substituents is 1. The van der Waals surface area contributed by atoms with Crippen LogP contribution in [-0.4, -0.2) is 70.3 Å². The van der Waals surface area contributed by atoms with Gasteiger partial charge in [-0.1, -0.05) is 66.7 Å². The predicted octanol–water partition coefficient (Wildman–Crippen LogP) is 6.30. The highest BCUT2D eigenvalue weighted by Gasteiger charge is 2.58. The predicted molar refractivity (Wildman–Crippen MR) is 187 cm³/mol. The van der Waals surface area contributed by atoms with Crippen LogP contribution in [0.4, 0.5) is 0 Å². The molecule has 250 valence electrons. The number of aliphatic hydroxyl groups excluding tert-OH is 1. The number of phenols is 1. The minimum Gasteiger partial charge on any atom is -0.507 e. The number of ether oxygens (including phenoxy) is 1. The van der Waals surface area contributed by atoms with Crippen LogP contribution >= 0.6 is 0 Å². The largest absolute Gasteiger partial charge is 0.507 e. The maximum Gasteiger partial charge on any atom is 0.234 e. The molecule has 3 saturated heterocycles. The monoisotopic (exact) mass is 646 g/mol. The van der Waals surface area contributed by atoms with Gasteiger partial charge >= 0.3 is 0 Å². The Morgan fingerprint density at radius 1 is 0.917 bits per heavy atom. The maximum absolute atomic E-state index is 14.1. The zero-order chi connectivity index (χ0) is 33.4. The molecule has 3 fully saturated rings. The van der Waals surface area contributed by atoms with E-state index in [1.807, 2.05) is 50.2 Å². The molecule has 3 aliphatic heterocycles. The molecule has 3 heterocycles. The first-order valence-corrected chi connectivity index (χ1v) is 17.5. The topological polar surface area (TPSA) is 90.3 Å². The molecular formula is C41H46N2O5. The number of hydrogen-bond donors (Lipinski definition) is 2. The lowest BCUT2D eigenvalue weighted by atomic mass is 9.69. The number of allylic oxidation sites excluding steroid dienone is 1. The molecule has 0 aromatic heterocycles. The number of aliphatic hydroxyl groups is 1. The normalized spacial score (nSPS) is 25.1. The summed E-state index contributed by atoms with van der Waals surface area (Å²) in [7, 11) is 0. The van der Waals surface area contributed by atoms with Crippen LogP contribution in [0.3, 0.4) is 0 Å². The lowest BCUT2D eigenvalue weighted by Crippen LogP contribution is -2.47. The third-order valence-electron chi connectivity index (χ3n) is 11.1. The average Bonchev–Trinajstić information content (AvgIpc) is 3.64. The minimum absolute atomic E-state index is 0.0433. The molecule has 7 nitrogen and oxygen atoms in total. The summed E-state index contributed by atoms with van der Waals surface area (Å²) in [6.45, 7) is 6.69. The van der Waals surface area contributed by atoms with Gasteiger partial charge < -0.3 is 14.9 Å². The molecular weight excluding hydrogens is 600 g/mol. The van der Waals surface area contributed by atoms with Crippen LogP contribution in [0.1, 0.15) is 59.9 Å². The Labute approximate surface area is 283 Å². The molecule has 3 aromatic carbocycles. The Morgan fingerprint density at radius 2 is 1.58 bits per heavy atom. The summed E-state index contributed by atoms with van der Waals surface area (Å²) < 4.78 is 6.45. The smallest absolute Gasteiger partial charge is 0.234 e. The van der Waals surface area contributed by atoms with Crippen LogP contribution in [0, 0.1) is 31.6 Å². The zero-order valence-electron chi connectivity index (χ0n) is 28.0. The van der Waals surface area contributed by atoms with E-state index < -0.39 is 11.8 Å². The number of carbonyl (C=O) groups is 2. The number of aromatic hydroxyl groups is 1. The van der Waals surface area contributed by atoms with Crippen molar-refractivity contribution in [3.8, 4) is 5.75 Å². The van der Waals surface area contributed by atoms with Gasteiger partial charge in [0.05, 0.1) is 31.2 Å². The van der Waals surface area contributed by atoms with E-state index >= 15 is 0 Å². The SMILES string of the molecule is Cc1cc(/C=C(/CC[C@H]2OC[C@H]3C2=C(CO)C[C@H]2C(=O)N(C4CCN(Cc5ccccc5)CC4)C(=O)[C@H]23)c2ccccc2)cc(C)c1O. The fourth-order valence-electron chi connectivity index (χ4n) is 8.69. The molecule has 0 spiro atoms. The lowest BCUT2D eigenvalue weighted by Gasteiger charge is -2.36. The van der Waals surface area contributed by atoms with Gasteiger partial charge in [0.1, 0.15) is 5.75 Å². The molecule has 7 rings (SSSR count). The molecule has 3 aromatic rings. The van der Waals surface area contributed by atoms with Crippen LogP contribution in [0.25, 0.3) is 11.6 Å². The van der Waals surface area contributed by atoms with Gasteiger partial charge in [-0.3, -0.25) is 19.4 Å². The second-order valence-electron chi connectivity index (χ2n) is 14.1. The number of fused-ring (bicyclic) bond motifs is 3. The molecule has 0 saturated carbocycles. The number of nitrogens with zero attached hydrogens (tertiary/aromatic N) is 2. The maximum atomic E-state index is 14.1. The molecule has 0 unspecified atom stereocenters. The minimum atomic E-state index is -0.418. The number of rotatable bonds is 9. The fourth-order valence-corrected chi connectivity index (χ4v) is 8.69. The van der Waals surface area contributed by atoms with E-state index in [-0.39, 0.29) is 36.5 Å². The van der Waals surface area contributed by atoms with Crippen molar-refractivity contribution in [3.63, 3.8) is 0 Å². The number of likely N-dealkylation sites (tertiary alicyclic amines) is 2. The van der Waals surface area contributed by atoms with Gasteiger partial charge in [-0.2, -0.15) is 0 Å². The van der Waals surface area contributed by atoms with Gasteiger partial charge in [0.15, 0.2) is 0 Å². The highest BCUT2D eigenvalue weighted by molar-refractivity contribution is 6.06. The highest BCUT2D eigenvalue weighted by atomic mass is 16.5. The Balaban J connectivity index is 1.07. The Hall–Kier alpha value is -4.04. The lowest BCUT2D eigenvalue weighted by molar-refractivity contribution is -0.144. The molecule has 0 radical (unpaired) electrons. The van der Waals surface area contributed by atoms with Crippen LogP contribution in [0.5, 0.6) is 5.75 Å². The fraction of sp³-hybridized carbons (Fsp3) is 0.415. The summed E-state index contributed by atoms with van der Waals surface area (Å²) in [6.07, 6.45) is 5.40. The quantitative estimate of drug-likeness (QED) is 0.161. The summed E-state index contributed by atoms with van der Waals surface area (Å²) in [5, 5.41) is 20.9. The van der Waals surface area contributed by atoms with Gasteiger partial charge in [-0.25, -0.2) is 0 Å². The standard InChI is InChI=1S/C41H46N2O5/c1-26-19-29(20-27(2)39(26)45)21-31(30-11-7-4-8-12-30)13-14-36-37-32(24-44)22-34-38(35(37)25-48-36)41(47)43(40(34)46)33-15-17-42(18-16-33)23-28-9-5-3-6-10-28/h3-12,19-21,33-36,38,44-45H,13-18,22-25H2,1-2H3/b31-21-/t34-,35+,36-,38-/m1/s1. The van der Waals surface area contributed by atoms with Crippen molar-refractivity contribution in [2.75, 3.05) is 26.3 Å². The Bertz CT molecular complexity index is 1700. The van der Waals surface area contributed by atoms with E-state index in [4.69, 9.17) is 4.74 Å². The number of piperidine rings is 1. The molecule has 7 heteroatoms. The van der Waals surface area contributed by atoms with E-state index in [2.05, 4.69) is 47.4 Å². The van der Waals surface area contributed by atoms with Crippen molar-refractivity contribution >= 4 is 23.5 Å². The number of hydrogen-bond acceptors (Lipinski definition) is 6. The van der Waals surface area contributed by atoms with Crippen molar-refractivity contribution in [1.29, 1.82) is 0 Å². The number of amides is 2. The first-order chi connectivity index (χ1) is 23.3. The molecule has 48 heavy (non-hydrogen) atoms. The van der Waals surface area contributed by atoms with Crippen molar-refractivity contribution in [1.82, 2.24) is 9.80 Å². The third-order valence-corrected chi connectivity index (χ3v) is 11.1. The van der Waals surface area contributed by atoms with Crippen molar-refractivity contribution in [2.45, 2.75) is 64.6 Å². The highest BCUT2D eigenvalue weighted by Crippen LogP contribution is 2.50. The summed E-state index contributed by atoms with van der Waals surface area (Å²) >= 11 is 0. The second-order valence-corrected chi connectivity index (χ2v) is 14.1. The van der Waals surface area contributed by atoms with Gasteiger partial charge in [-0.05, 0) is 103 Å². The van der Waals surface area contributed by atoms with Gasteiger partial charge in [0, 0.05) is 31.6 Å². The average molecular weight is 647 g/mol. The molecule has 1 aliphatic carbocycles. The van der Waals surface area contributed by atoms with Crippen molar-refractivity contribution in [2.24, 2.45) is 17.8 Å². The van der Waals surface area contributed by atoms with Crippen molar-refractivity contribution in [3.05, 3.63) is 112 Å². The van der Waals surface area contributed by atoms with Crippen LogP contribution in [-0.2, 0) is 20.9 Å². The van der Waals surface area contributed by atoms with Gasteiger partial charge in [0.2, 0.25) is 11.8 Å². The molecule has 2 amide bonds. The Morgan fingerprint density at radius 3 is 2.25 bits per heavy atom. The molecule has 4 atom stereocenters. The van der Waals surface area contributed by atoms with E-state index in [0.29, 0.717) is 25.2 Å². The number of imide groups is 1. The van der Waals surface area contributed by atoms with Gasteiger partial charge in [0.25, 0.3) is 0 Å². The first-order valence-electron chi connectivity index (χ1n) is 17.5. The third kappa shape index (κ3) is 6.27. The van der Waals surface area contributed by atoms with E-state index in [1.165, 1.54) is 5.56 Å². The molecule has 0 bridgehead atoms. The van der Waals surface area contributed by atoms with Crippen LogP contribution in [0.2, 0.25) is 0 Å². The molecule has 2 N–H and O–H groups in total. The zero-order valence-corrected chi connectivity index (χ0v) is 28.0. The summed E-state index contributed by atoms with van der Waals surface area (Å²) in [5.41, 5.74) is 8.19.